The fraction of sp³-hybridized carbons (Fsp3) is 0.0278. The summed E-state index contributed by atoms with van der Waals surface area (Å²) in [6, 6.07) is 38.2. The maximum atomic E-state index is 16.2. The van der Waals surface area contributed by atoms with Gasteiger partial charge in [-0.3, -0.25) is 0 Å². The Morgan fingerprint density at radius 2 is 0.841 bits per heavy atom. The van der Waals surface area contributed by atoms with Gasteiger partial charge in [-0.05, 0) is 41.5 Å². The van der Waals surface area contributed by atoms with Gasteiger partial charge in [-0.25, -0.2) is 15.0 Å². The van der Waals surface area contributed by atoms with Crippen molar-refractivity contribution in [3.63, 3.8) is 0 Å². The topological polar surface area (TPSA) is 77.6 Å². The van der Waals surface area contributed by atoms with Crippen molar-refractivity contribution in [3.05, 3.63) is 139 Å². The second kappa shape index (κ2) is 10.1. The van der Waals surface area contributed by atoms with E-state index in [1.807, 2.05) is 91.0 Å². The molecule has 1 aliphatic rings. The van der Waals surface area contributed by atoms with Crippen LogP contribution in [-0.4, -0.2) is 25.1 Å². The molecule has 6 nitrogen and oxygen atoms in total. The van der Waals surface area contributed by atoms with Crippen molar-refractivity contribution in [1.29, 1.82) is 0 Å². The third-order valence-corrected chi connectivity index (χ3v) is 7.66. The zero-order valence-electron chi connectivity index (χ0n) is 23.0. The van der Waals surface area contributed by atoms with Crippen LogP contribution in [-0.2, 0) is 5.92 Å². The molecule has 0 N–H and O–H groups in total. The van der Waals surface area contributed by atoms with Crippen molar-refractivity contribution in [2.24, 2.45) is 0 Å². The van der Waals surface area contributed by atoms with Gasteiger partial charge >= 0.3 is 0 Å². The molecule has 7 aromatic rings. The number of hydrogen-bond acceptors (Lipinski definition) is 6. The lowest BCUT2D eigenvalue weighted by atomic mass is 10.0. The molecule has 0 saturated heterocycles. The Hall–Kier alpha value is -5.89. The number of aromatic nitrogens is 5. The van der Waals surface area contributed by atoms with Gasteiger partial charge in [0.2, 0.25) is 11.8 Å². The van der Waals surface area contributed by atoms with Crippen LogP contribution in [0.3, 0.4) is 0 Å². The number of fused-ring (bicyclic) bond motifs is 3. The van der Waals surface area contributed by atoms with E-state index < -0.39 is 5.92 Å². The van der Waals surface area contributed by atoms with Crippen LogP contribution < -0.4 is 0 Å². The van der Waals surface area contributed by atoms with Crippen molar-refractivity contribution in [2.45, 2.75) is 5.92 Å². The number of benzene rings is 5. The summed E-state index contributed by atoms with van der Waals surface area (Å²) in [6.45, 7) is 0. The fourth-order valence-corrected chi connectivity index (χ4v) is 5.47. The van der Waals surface area contributed by atoms with E-state index in [0.717, 1.165) is 16.7 Å². The number of hydrogen-bond donors (Lipinski definition) is 0. The molecule has 5 aromatic carbocycles. The summed E-state index contributed by atoms with van der Waals surface area (Å²) in [7, 11) is 0. The molecule has 0 aliphatic heterocycles. The summed E-state index contributed by atoms with van der Waals surface area (Å²) in [4.78, 5) is 14.1. The highest BCUT2D eigenvalue weighted by Crippen LogP contribution is 2.52. The van der Waals surface area contributed by atoms with Crippen molar-refractivity contribution in [2.75, 3.05) is 0 Å². The van der Waals surface area contributed by atoms with Gasteiger partial charge in [0.15, 0.2) is 17.5 Å². The van der Waals surface area contributed by atoms with E-state index in [9.17, 15) is 0 Å². The second-order valence-corrected chi connectivity index (χ2v) is 10.4. The number of nitrogens with zero attached hydrogens (tertiary/aromatic N) is 5. The lowest BCUT2D eigenvalue weighted by Crippen LogP contribution is -2.11. The summed E-state index contributed by atoms with van der Waals surface area (Å²) in [5.74, 6) is -1.54. The average Bonchev–Trinajstić information content (AvgIpc) is 3.67. The second-order valence-electron chi connectivity index (χ2n) is 10.4. The minimum Gasteiger partial charge on any atom is -0.416 e. The Morgan fingerprint density at radius 3 is 1.36 bits per heavy atom. The van der Waals surface area contributed by atoms with E-state index in [4.69, 9.17) is 19.4 Å². The third kappa shape index (κ3) is 4.35. The van der Waals surface area contributed by atoms with Gasteiger partial charge in [0.1, 0.15) is 0 Å². The molecule has 0 unspecified atom stereocenters. The van der Waals surface area contributed by atoms with Gasteiger partial charge in [0.25, 0.3) is 5.92 Å². The summed E-state index contributed by atoms with van der Waals surface area (Å²) < 4.78 is 38.2. The highest BCUT2D eigenvalue weighted by atomic mass is 19.3. The molecule has 210 valence electrons. The molecule has 1 aliphatic carbocycles. The molecule has 0 atom stereocenters. The first-order valence-electron chi connectivity index (χ1n) is 14.0. The minimum atomic E-state index is -3.27. The van der Waals surface area contributed by atoms with Crippen LogP contribution in [0, 0.1) is 0 Å². The van der Waals surface area contributed by atoms with Crippen LogP contribution in [0.5, 0.6) is 0 Å². The van der Waals surface area contributed by atoms with E-state index in [1.165, 1.54) is 12.1 Å². The largest absolute Gasteiger partial charge is 0.416 e. The number of halogens is 2. The average molecular weight is 578 g/mol. The van der Waals surface area contributed by atoms with Gasteiger partial charge in [-0.1, -0.05) is 97.1 Å². The van der Waals surface area contributed by atoms with Gasteiger partial charge in [0, 0.05) is 38.9 Å². The van der Waals surface area contributed by atoms with E-state index in [0.29, 0.717) is 45.6 Å². The van der Waals surface area contributed by atoms with Crippen molar-refractivity contribution >= 4 is 0 Å². The Kier molecular flexibility index (Phi) is 5.94. The molecule has 0 bridgehead atoms. The van der Waals surface area contributed by atoms with Crippen LogP contribution >= 0.6 is 0 Å². The molecule has 0 saturated carbocycles. The molecule has 8 heteroatoms. The summed E-state index contributed by atoms with van der Waals surface area (Å²) in [5.41, 5.74) is 3.92. The van der Waals surface area contributed by atoms with Crippen molar-refractivity contribution in [1.82, 2.24) is 25.1 Å². The normalized spacial score (nSPS) is 13.0. The van der Waals surface area contributed by atoms with Gasteiger partial charge in [-0.2, -0.15) is 8.78 Å². The molecule has 2 aromatic heterocycles. The summed E-state index contributed by atoms with van der Waals surface area (Å²) in [6.07, 6.45) is 0. The SMILES string of the molecule is FC1(F)c2cc(-c3nc(-c4ccccc4)nc(-c4ccccc4)n3)ccc2-c2ccc(-c3nnc(-c4ccccc4)o3)cc21. The van der Waals surface area contributed by atoms with Crippen molar-refractivity contribution in [3.8, 4) is 68.2 Å². The van der Waals surface area contributed by atoms with Gasteiger partial charge < -0.3 is 4.42 Å². The van der Waals surface area contributed by atoms with Gasteiger partial charge in [-0.15, -0.1) is 10.2 Å². The quantitative estimate of drug-likeness (QED) is 0.204. The Labute approximate surface area is 250 Å². The van der Waals surface area contributed by atoms with E-state index >= 15 is 8.78 Å². The molecular weight excluding hydrogens is 556 g/mol. The lowest BCUT2D eigenvalue weighted by molar-refractivity contribution is 0.0481. The maximum absolute atomic E-state index is 16.2. The standard InChI is InChI=1S/C36H21F2N5O/c37-36(38)29-20-25(33-40-31(22-10-4-1-5-11-22)39-32(41-33)23-12-6-2-7-13-23)16-18-27(29)28-19-17-26(21-30(28)36)35-43-42-34(44-35)24-14-8-3-9-15-24/h1-21H. The zero-order valence-corrected chi connectivity index (χ0v) is 23.0. The first kappa shape index (κ1) is 25.8. The third-order valence-electron chi connectivity index (χ3n) is 7.66. The lowest BCUT2D eigenvalue weighted by Gasteiger charge is -2.14. The summed E-state index contributed by atoms with van der Waals surface area (Å²) >= 11 is 0. The van der Waals surface area contributed by atoms with E-state index in [1.54, 1.807) is 24.3 Å². The molecule has 0 fully saturated rings. The van der Waals surface area contributed by atoms with Crippen LogP contribution in [0.4, 0.5) is 8.78 Å². The van der Waals surface area contributed by atoms with E-state index in [2.05, 4.69) is 10.2 Å². The molecule has 0 amide bonds. The van der Waals surface area contributed by atoms with Crippen LogP contribution in [0.1, 0.15) is 11.1 Å². The predicted octanol–water partition coefficient (Wildman–Crippen LogP) is 8.71. The Bertz CT molecular complexity index is 2090. The first-order valence-corrected chi connectivity index (χ1v) is 14.0. The van der Waals surface area contributed by atoms with Crippen LogP contribution in [0.25, 0.3) is 68.2 Å². The van der Waals surface area contributed by atoms with Crippen LogP contribution in [0.15, 0.2) is 132 Å². The Morgan fingerprint density at radius 1 is 0.432 bits per heavy atom. The van der Waals surface area contributed by atoms with Crippen LogP contribution in [0.2, 0.25) is 0 Å². The number of alkyl halides is 2. The first-order chi connectivity index (χ1) is 21.5. The highest BCUT2D eigenvalue weighted by Gasteiger charge is 2.45. The molecular formula is C36H21F2N5O. The smallest absolute Gasteiger partial charge is 0.299 e. The van der Waals surface area contributed by atoms with E-state index in [-0.39, 0.29) is 17.0 Å². The molecule has 2 heterocycles. The molecule has 0 spiro atoms. The zero-order chi connectivity index (χ0) is 29.7. The van der Waals surface area contributed by atoms with Crippen molar-refractivity contribution < 1.29 is 13.2 Å². The molecule has 44 heavy (non-hydrogen) atoms. The highest BCUT2D eigenvalue weighted by molar-refractivity contribution is 5.84. The Balaban J connectivity index is 1.20. The predicted molar refractivity (Wildman–Crippen MR) is 163 cm³/mol. The maximum Gasteiger partial charge on any atom is 0.299 e. The van der Waals surface area contributed by atoms with Gasteiger partial charge in [0.05, 0.1) is 0 Å². The monoisotopic (exact) mass is 577 g/mol. The summed E-state index contributed by atoms with van der Waals surface area (Å²) in [5, 5.41) is 8.23. The number of rotatable bonds is 5. The minimum absolute atomic E-state index is 0.111. The molecule has 8 rings (SSSR count). The fourth-order valence-electron chi connectivity index (χ4n) is 5.47. The molecule has 0 radical (unpaired) electrons.